The molecule has 0 aliphatic rings. The number of hydrogen-bond acceptors (Lipinski definition) is 6. The summed E-state index contributed by atoms with van der Waals surface area (Å²) >= 11 is 3.37. The molecule has 0 saturated carbocycles. The molecule has 7 nitrogen and oxygen atoms in total. The van der Waals surface area contributed by atoms with Crippen LogP contribution in [0.5, 0.6) is 17.2 Å². The van der Waals surface area contributed by atoms with Crippen LogP contribution < -0.4 is 19.6 Å². The number of nitrogens with one attached hydrogen (secondary N) is 1. The molecule has 0 radical (unpaired) electrons. The van der Waals surface area contributed by atoms with E-state index in [4.69, 9.17) is 14.2 Å². The van der Waals surface area contributed by atoms with Gasteiger partial charge in [-0.2, -0.15) is 5.10 Å². The predicted octanol–water partition coefficient (Wildman–Crippen LogP) is 6.14. The summed E-state index contributed by atoms with van der Waals surface area (Å²) in [5, 5.41) is 5.87. The third kappa shape index (κ3) is 6.74. The molecule has 0 fully saturated rings. The second-order valence-corrected chi connectivity index (χ2v) is 8.91. The lowest BCUT2D eigenvalue weighted by Crippen LogP contribution is -2.33. The van der Waals surface area contributed by atoms with Crippen molar-refractivity contribution in [2.45, 2.75) is 20.0 Å². The second kappa shape index (κ2) is 12.2. The van der Waals surface area contributed by atoms with Crippen molar-refractivity contribution < 1.29 is 23.8 Å². The van der Waals surface area contributed by atoms with E-state index in [1.54, 1.807) is 49.4 Å². The second-order valence-electron chi connectivity index (χ2n) is 7.99. The van der Waals surface area contributed by atoms with Crippen LogP contribution >= 0.6 is 15.9 Å². The molecule has 4 aromatic rings. The van der Waals surface area contributed by atoms with Gasteiger partial charge in [-0.05, 0) is 79.2 Å². The van der Waals surface area contributed by atoms with E-state index >= 15 is 0 Å². The number of carbonyl (C=O) groups is 2. The SMILES string of the molecule is CCOc1ccc(C(=O)Oc2ccc3ccccc3c2/C=N/NC(=O)C(C)Oc2ccc(Br)cc2)cc1. The topological polar surface area (TPSA) is 86.2 Å². The summed E-state index contributed by atoms with van der Waals surface area (Å²) in [4.78, 5) is 25.4. The maximum atomic E-state index is 12.8. The minimum Gasteiger partial charge on any atom is -0.494 e. The summed E-state index contributed by atoms with van der Waals surface area (Å²) in [7, 11) is 0. The molecule has 0 spiro atoms. The summed E-state index contributed by atoms with van der Waals surface area (Å²) in [6.07, 6.45) is 0.690. The average Bonchev–Trinajstić information content (AvgIpc) is 2.91. The molecule has 0 heterocycles. The van der Waals surface area contributed by atoms with Gasteiger partial charge in [-0.3, -0.25) is 4.79 Å². The Bertz CT molecular complexity index is 1420. The number of benzene rings is 4. The van der Waals surface area contributed by atoms with Crippen molar-refractivity contribution in [1.29, 1.82) is 0 Å². The molecule has 0 aliphatic heterocycles. The lowest BCUT2D eigenvalue weighted by molar-refractivity contribution is -0.127. The van der Waals surface area contributed by atoms with E-state index in [9.17, 15) is 9.59 Å². The van der Waals surface area contributed by atoms with Crippen molar-refractivity contribution in [3.63, 3.8) is 0 Å². The first-order valence-corrected chi connectivity index (χ1v) is 12.5. The van der Waals surface area contributed by atoms with Crippen molar-refractivity contribution in [1.82, 2.24) is 5.43 Å². The molecule has 1 N–H and O–H groups in total. The molecular formula is C29H25BrN2O5. The van der Waals surface area contributed by atoms with Gasteiger partial charge in [0.2, 0.25) is 0 Å². The van der Waals surface area contributed by atoms with Gasteiger partial charge >= 0.3 is 5.97 Å². The van der Waals surface area contributed by atoms with Crippen molar-refractivity contribution in [3.8, 4) is 17.2 Å². The zero-order valence-corrected chi connectivity index (χ0v) is 21.9. The summed E-state index contributed by atoms with van der Waals surface area (Å²) in [5.74, 6) is 0.606. The van der Waals surface area contributed by atoms with Crippen LogP contribution in [0, 0.1) is 0 Å². The number of ether oxygens (including phenoxy) is 3. The van der Waals surface area contributed by atoms with Crippen molar-refractivity contribution in [3.05, 3.63) is 101 Å². The van der Waals surface area contributed by atoms with Gasteiger partial charge < -0.3 is 14.2 Å². The molecule has 8 heteroatoms. The monoisotopic (exact) mass is 560 g/mol. The number of carbonyl (C=O) groups excluding carboxylic acids is 2. The van der Waals surface area contributed by atoms with Crippen LogP contribution in [0.25, 0.3) is 10.8 Å². The fourth-order valence-electron chi connectivity index (χ4n) is 3.53. The van der Waals surface area contributed by atoms with E-state index in [1.165, 1.54) is 6.21 Å². The van der Waals surface area contributed by atoms with Crippen LogP contribution in [-0.4, -0.2) is 30.8 Å². The fourth-order valence-corrected chi connectivity index (χ4v) is 3.80. The van der Waals surface area contributed by atoms with E-state index in [0.717, 1.165) is 15.2 Å². The van der Waals surface area contributed by atoms with E-state index in [0.29, 0.717) is 35.0 Å². The number of fused-ring (bicyclic) bond motifs is 1. The van der Waals surface area contributed by atoms with Crippen LogP contribution in [0.15, 0.2) is 94.5 Å². The zero-order chi connectivity index (χ0) is 26.2. The van der Waals surface area contributed by atoms with Gasteiger partial charge in [-0.1, -0.05) is 46.3 Å². The first-order chi connectivity index (χ1) is 17.9. The number of esters is 1. The minimum absolute atomic E-state index is 0.315. The summed E-state index contributed by atoms with van der Waals surface area (Å²) in [6, 6.07) is 25.1. The van der Waals surface area contributed by atoms with Crippen molar-refractivity contribution >= 4 is 44.8 Å². The Morgan fingerprint density at radius 1 is 0.946 bits per heavy atom. The van der Waals surface area contributed by atoms with Gasteiger partial charge in [0, 0.05) is 10.0 Å². The lowest BCUT2D eigenvalue weighted by atomic mass is 10.0. The molecular weight excluding hydrogens is 536 g/mol. The molecule has 0 aromatic heterocycles. The van der Waals surface area contributed by atoms with Crippen LogP contribution in [0.1, 0.15) is 29.8 Å². The van der Waals surface area contributed by atoms with E-state index in [1.807, 2.05) is 49.4 Å². The number of hydrogen-bond donors (Lipinski definition) is 1. The first-order valence-electron chi connectivity index (χ1n) is 11.7. The Hall–Kier alpha value is -4.17. The maximum absolute atomic E-state index is 12.8. The third-order valence-electron chi connectivity index (χ3n) is 5.40. The molecule has 0 saturated heterocycles. The molecule has 188 valence electrons. The first kappa shape index (κ1) is 25.9. The molecule has 4 rings (SSSR count). The number of rotatable bonds is 9. The van der Waals surface area contributed by atoms with Crippen LogP contribution in [0.4, 0.5) is 0 Å². The van der Waals surface area contributed by atoms with Gasteiger partial charge in [0.05, 0.1) is 18.4 Å². The Labute approximate surface area is 223 Å². The molecule has 0 aliphatic carbocycles. The highest BCUT2D eigenvalue weighted by Crippen LogP contribution is 2.28. The van der Waals surface area contributed by atoms with Crippen molar-refractivity contribution in [2.75, 3.05) is 6.61 Å². The minimum atomic E-state index is -0.775. The summed E-state index contributed by atoms with van der Waals surface area (Å²) < 4.78 is 17.7. The van der Waals surface area contributed by atoms with Gasteiger partial charge in [0.1, 0.15) is 17.2 Å². The highest BCUT2D eigenvalue weighted by atomic mass is 79.9. The van der Waals surface area contributed by atoms with Gasteiger partial charge in [-0.25, -0.2) is 10.2 Å². The lowest BCUT2D eigenvalue weighted by Gasteiger charge is -2.13. The molecule has 1 unspecified atom stereocenters. The molecule has 4 aromatic carbocycles. The predicted molar refractivity (Wildman–Crippen MR) is 146 cm³/mol. The summed E-state index contributed by atoms with van der Waals surface area (Å²) in [5.41, 5.74) is 3.44. The highest BCUT2D eigenvalue weighted by Gasteiger charge is 2.16. The van der Waals surface area contributed by atoms with Crippen LogP contribution in [-0.2, 0) is 4.79 Å². The Morgan fingerprint density at radius 3 is 2.38 bits per heavy atom. The van der Waals surface area contributed by atoms with Crippen LogP contribution in [0.3, 0.4) is 0 Å². The number of amides is 1. The highest BCUT2D eigenvalue weighted by molar-refractivity contribution is 9.10. The molecule has 0 bridgehead atoms. The Kier molecular flexibility index (Phi) is 8.53. The standard InChI is InChI=1S/C29H25BrN2O5/c1-3-35-23-13-8-21(9-14-23)29(34)37-27-17-10-20-6-4-5-7-25(20)26(27)18-31-32-28(33)19(2)36-24-15-11-22(30)12-16-24/h4-19H,3H2,1-2H3,(H,32,33)/b31-18+. The zero-order valence-electron chi connectivity index (χ0n) is 20.3. The third-order valence-corrected chi connectivity index (χ3v) is 5.93. The molecule has 1 atom stereocenters. The smallest absolute Gasteiger partial charge is 0.343 e. The number of nitrogens with zero attached hydrogens (tertiary/aromatic N) is 1. The molecule has 37 heavy (non-hydrogen) atoms. The van der Waals surface area contributed by atoms with Gasteiger partial charge in [0.25, 0.3) is 5.91 Å². The fraction of sp³-hybridized carbons (Fsp3) is 0.138. The Morgan fingerprint density at radius 2 is 1.65 bits per heavy atom. The van der Waals surface area contributed by atoms with E-state index < -0.39 is 18.0 Å². The molecule has 1 amide bonds. The van der Waals surface area contributed by atoms with Gasteiger partial charge in [-0.15, -0.1) is 0 Å². The van der Waals surface area contributed by atoms with Crippen LogP contribution in [0.2, 0.25) is 0 Å². The maximum Gasteiger partial charge on any atom is 0.343 e. The van der Waals surface area contributed by atoms with Crippen molar-refractivity contribution in [2.24, 2.45) is 5.10 Å². The van der Waals surface area contributed by atoms with Gasteiger partial charge in [0.15, 0.2) is 6.10 Å². The van der Waals surface area contributed by atoms with E-state index in [2.05, 4.69) is 26.5 Å². The normalized spacial score (nSPS) is 11.8. The number of halogens is 1. The number of hydrazone groups is 1. The quantitative estimate of drug-likeness (QED) is 0.115. The summed E-state index contributed by atoms with van der Waals surface area (Å²) in [6.45, 7) is 4.06. The Balaban J connectivity index is 1.51. The largest absolute Gasteiger partial charge is 0.494 e. The van der Waals surface area contributed by atoms with E-state index in [-0.39, 0.29) is 0 Å². The average molecular weight is 561 g/mol.